The van der Waals surface area contributed by atoms with E-state index in [0.717, 1.165) is 11.8 Å². The molecular formula is C18H21N3O6S. The van der Waals surface area contributed by atoms with Crippen LogP contribution in [0.5, 0.6) is 0 Å². The van der Waals surface area contributed by atoms with Crippen molar-refractivity contribution in [1.29, 1.82) is 0 Å². The van der Waals surface area contributed by atoms with Gasteiger partial charge < -0.3 is 14.6 Å². The number of amides is 1. The van der Waals surface area contributed by atoms with Gasteiger partial charge in [0, 0.05) is 12.1 Å². The van der Waals surface area contributed by atoms with Crippen LogP contribution in [0.25, 0.3) is 0 Å². The summed E-state index contributed by atoms with van der Waals surface area (Å²) in [4.78, 5) is 24.5. The number of aryl methyl sites for hydroxylation is 1. The molecular weight excluding hydrogens is 386 g/mol. The molecule has 1 aliphatic rings. The molecule has 150 valence electrons. The first kappa shape index (κ1) is 19.9. The lowest BCUT2D eigenvalue weighted by molar-refractivity contribution is -0.123. The molecule has 2 atom stereocenters. The Morgan fingerprint density at radius 3 is 2.68 bits per heavy atom. The molecule has 3 rings (SSSR count). The number of esters is 1. The van der Waals surface area contributed by atoms with Crippen LogP contribution in [-0.4, -0.2) is 43.9 Å². The first-order chi connectivity index (χ1) is 13.1. The summed E-state index contributed by atoms with van der Waals surface area (Å²) in [7, 11) is -3.41. The van der Waals surface area contributed by atoms with E-state index in [1.165, 1.54) is 17.3 Å². The van der Waals surface area contributed by atoms with Crippen LogP contribution in [0.15, 0.2) is 28.8 Å². The molecule has 0 fully saturated rings. The number of fused-ring (bicyclic) bond motifs is 1. The van der Waals surface area contributed by atoms with Gasteiger partial charge in [-0.1, -0.05) is 5.16 Å². The van der Waals surface area contributed by atoms with E-state index in [2.05, 4.69) is 10.5 Å². The lowest BCUT2D eigenvalue weighted by Crippen LogP contribution is -2.34. The maximum atomic E-state index is 12.4. The molecule has 9 nitrogen and oxygen atoms in total. The predicted octanol–water partition coefficient (Wildman–Crippen LogP) is 1.88. The molecule has 0 aliphatic carbocycles. The van der Waals surface area contributed by atoms with Gasteiger partial charge in [-0.15, -0.1) is 0 Å². The molecule has 2 heterocycles. The zero-order chi connectivity index (χ0) is 20.6. The van der Waals surface area contributed by atoms with Crippen LogP contribution in [0.3, 0.4) is 0 Å². The van der Waals surface area contributed by atoms with E-state index in [-0.39, 0.29) is 17.4 Å². The van der Waals surface area contributed by atoms with E-state index in [4.69, 9.17) is 9.26 Å². The van der Waals surface area contributed by atoms with Crippen LogP contribution in [0.2, 0.25) is 0 Å². The fraction of sp³-hybridized carbons (Fsp3) is 0.389. The van der Waals surface area contributed by atoms with Gasteiger partial charge in [0.25, 0.3) is 5.91 Å². The van der Waals surface area contributed by atoms with Gasteiger partial charge in [-0.05, 0) is 51.0 Å². The number of benzene rings is 1. The fourth-order valence-electron chi connectivity index (χ4n) is 3.17. The minimum absolute atomic E-state index is 0.230. The van der Waals surface area contributed by atoms with E-state index >= 15 is 0 Å². The predicted molar refractivity (Wildman–Crippen MR) is 102 cm³/mol. The van der Waals surface area contributed by atoms with Crippen LogP contribution >= 0.6 is 0 Å². The van der Waals surface area contributed by atoms with Crippen molar-refractivity contribution in [2.75, 3.05) is 15.9 Å². The van der Waals surface area contributed by atoms with Crippen LogP contribution in [0.4, 0.5) is 11.5 Å². The Hall–Kier alpha value is -2.88. The number of carbonyl (C=O) groups is 2. The van der Waals surface area contributed by atoms with Gasteiger partial charge >= 0.3 is 5.97 Å². The summed E-state index contributed by atoms with van der Waals surface area (Å²) < 4.78 is 35.4. The Morgan fingerprint density at radius 2 is 2.07 bits per heavy atom. The van der Waals surface area contributed by atoms with Crippen LogP contribution in [-0.2, 0) is 26.0 Å². The second-order valence-electron chi connectivity index (χ2n) is 6.82. The summed E-state index contributed by atoms with van der Waals surface area (Å²) in [6, 6.07) is 5.99. The molecule has 1 aromatic heterocycles. The number of hydrogen-bond donors (Lipinski definition) is 1. The van der Waals surface area contributed by atoms with Crippen LogP contribution < -0.4 is 9.62 Å². The number of anilines is 2. The van der Waals surface area contributed by atoms with Crippen molar-refractivity contribution in [3.05, 3.63) is 41.2 Å². The van der Waals surface area contributed by atoms with E-state index in [0.29, 0.717) is 17.9 Å². The lowest BCUT2D eigenvalue weighted by atomic mass is 10.1. The molecule has 1 amide bonds. The number of aromatic nitrogens is 1. The van der Waals surface area contributed by atoms with E-state index in [1.807, 2.05) is 0 Å². The summed E-state index contributed by atoms with van der Waals surface area (Å²) in [5.74, 6) is -0.444. The number of nitrogens with one attached hydrogen (secondary N) is 1. The highest BCUT2D eigenvalue weighted by molar-refractivity contribution is 7.92. The zero-order valence-corrected chi connectivity index (χ0v) is 16.7. The first-order valence-electron chi connectivity index (χ1n) is 8.63. The van der Waals surface area contributed by atoms with Gasteiger partial charge in [0.05, 0.1) is 17.5 Å². The second kappa shape index (κ2) is 7.27. The van der Waals surface area contributed by atoms with E-state index in [1.54, 1.807) is 32.0 Å². The zero-order valence-electron chi connectivity index (χ0n) is 15.9. The van der Waals surface area contributed by atoms with Crippen molar-refractivity contribution in [3.8, 4) is 0 Å². The van der Waals surface area contributed by atoms with Crippen molar-refractivity contribution >= 4 is 33.4 Å². The van der Waals surface area contributed by atoms with Gasteiger partial charge in [0.2, 0.25) is 10.0 Å². The first-order valence-corrected chi connectivity index (χ1v) is 10.5. The maximum Gasteiger partial charge on any atom is 0.338 e. The number of hydrogen-bond acceptors (Lipinski definition) is 7. The standard InChI is InChI=1S/C18H21N3O6S/c1-10-7-14-9-13(5-6-15(14)21(10)28(4,24)25)18(23)26-12(3)17(22)19-16-8-11(2)27-20-16/h5-6,8-10,12H,7H2,1-4H3,(H,19,20,22). The number of sulfonamides is 1. The molecule has 1 aromatic carbocycles. The van der Waals surface area contributed by atoms with Gasteiger partial charge in [-0.25, -0.2) is 13.2 Å². The second-order valence-corrected chi connectivity index (χ2v) is 8.67. The van der Waals surface area contributed by atoms with Gasteiger partial charge in [0.15, 0.2) is 11.9 Å². The summed E-state index contributed by atoms with van der Waals surface area (Å²) >= 11 is 0. The van der Waals surface area contributed by atoms with Crippen molar-refractivity contribution in [3.63, 3.8) is 0 Å². The average molecular weight is 407 g/mol. The summed E-state index contributed by atoms with van der Waals surface area (Å²) in [5, 5.41) is 6.14. The smallest absolute Gasteiger partial charge is 0.338 e. The highest BCUT2D eigenvalue weighted by atomic mass is 32.2. The quantitative estimate of drug-likeness (QED) is 0.752. The largest absolute Gasteiger partial charge is 0.449 e. The van der Waals surface area contributed by atoms with E-state index in [9.17, 15) is 18.0 Å². The third-order valence-electron chi connectivity index (χ3n) is 4.36. The van der Waals surface area contributed by atoms with Crippen molar-refractivity contribution < 1.29 is 27.3 Å². The summed E-state index contributed by atoms with van der Waals surface area (Å²) in [6.07, 6.45) is 0.590. The molecule has 0 spiro atoms. The molecule has 0 saturated heterocycles. The molecule has 1 N–H and O–H groups in total. The Morgan fingerprint density at radius 1 is 1.36 bits per heavy atom. The molecule has 0 saturated carbocycles. The number of ether oxygens (including phenoxy) is 1. The third-order valence-corrected chi connectivity index (χ3v) is 5.63. The molecule has 2 unspecified atom stereocenters. The lowest BCUT2D eigenvalue weighted by Gasteiger charge is -2.22. The van der Waals surface area contributed by atoms with E-state index < -0.39 is 28.0 Å². The van der Waals surface area contributed by atoms with Gasteiger partial charge in [0.1, 0.15) is 5.76 Å². The Bertz CT molecular complexity index is 1030. The molecule has 28 heavy (non-hydrogen) atoms. The molecule has 0 bridgehead atoms. The monoisotopic (exact) mass is 407 g/mol. The number of nitrogens with zero attached hydrogens (tertiary/aromatic N) is 2. The highest BCUT2D eigenvalue weighted by Gasteiger charge is 2.33. The number of carbonyl (C=O) groups excluding carboxylic acids is 2. The highest BCUT2D eigenvalue weighted by Crippen LogP contribution is 2.34. The maximum absolute atomic E-state index is 12.4. The van der Waals surface area contributed by atoms with Crippen LogP contribution in [0, 0.1) is 6.92 Å². The van der Waals surface area contributed by atoms with Gasteiger partial charge in [-0.3, -0.25) is 9.10 Å². The van der Waals surface area contributed by atoms with Crippen molar-refractivity contribution in [2.24, 2.45) is 0 Å². The normalized spacial score (nSPS) is 17.1. The minimum atomic E-state index is -3.41. The molecule has 2 aromatic rings. The Labute approximate surface area is 162 Å². The fourth-order valence-corrected chi connectivity index (χ4v) is 4.43. The average Bonchev–Trinajstić information content (AvgIpc) is 3.15. The summed E-state index contributed by atoms with van der Waals surface area (Å²) in [6.45, 7) is 4.93. The summed E-state index contributed by atoms with van der Waals surface area (Å²) in [5.41, 5.74) is 1.54. The Balaban J connectivity index is 1.70. The minimum Gasteiger partial charge on any atom is -0.449 e. The molecule has 0 radical (unpaired) electrons. The van der Waals surface area contributed by atoms with Crippen molar-refractivity contribution in [2.45, 2.75) is 39.3 Å². The SMILES string of the molecule is Cc1cc(NC(=O)C(C)OC(=O)c2ccc3c(c2)CC(C)N3S(C)(=O)=O)no1. The molecule has 10 heteroatoms. The third kappa shape index (κ3) is 4.01. The van der Waals surface area contributed by atoms with Crippen molar-refractivity contribution in [1.82, 2.24) is 5.16 Å². The van der Waals surface area contributed by atoms with Crippen LogP contribution in [0.1, 0.15) is 35.5 Å². The molecule has 1 aliphatic heterocycles. The number of rotatable bonds is 5. The van der Waals surface area contributed by atoms with Gasteiger partial charge in [-0.2, -0.15) is 0 Å². The Kier molecular flexibility index (Phi) is 5.16. The topological polar surface area (TPSA) is 119 Å².